The molecule has 0 spiro atoms. The largest absolute Gasteiger partial charge is 0.478 e. The van der Waals surface area contributed by atoms with Gasteiger partial charge in [0.05, 0.1) is 5.69 Å². The molecule has 0 unspecified atom stereocenters. The molecule has 1 aliphatic heterocycles. The summed E-state index contributed by atoms with van der Waals surface area (Å²) in [5.41, 5.74) is 0.847. The first-order valence-electron chi connectivity index (χ1n) is 8.21. The van der Waals surface area contributed by atoms with Crippen LogP contribution in [0.4, 0.5) is 14.5 Å². The number of aliphatic carboxylic acids is 1. The van der Waals surface area contributed by atoms with Gasteiger partial charge in [-0.1, -0.05) is 34.1 Å². The van der Waals surface area contributed by atoms with Crippen molar-refractivity contribution in [3.05, 3.63) is 69.7 Å². The topological polar surface area (TPSA) is 57.6 Å². The minimum absolute atomic E-state index is 0.0468. The van der Waals surface area contributed by atoms with Crippen molar-refractivity contribution in [1.82, 2.24) is 0 Å². The van der Waals surface area contributed by atoms with Crippen molar-refractivity contribution < 1.29 is 23.5 Å². The third-order valence-corrected chi connectivity index (χ3v) is 4.95. The number of alkyl halides is 2. The number of carboxylic acids is 1. The van der Waals surface area contributed by atoms with Crippen LogP contribution in [0.5, 0.6) is 0 Å². The van der Waals surface area contributed by atoms with E-state index in [1.807, 2.05) is 0 Å². The Morgan fingerprint density at radius 2 is 1.93 bits per heavy atom. The molecule has 0 saturated heterocycles. The molecule has 2 aromatic carbocycles. The lowest BCUT2D eigenvalue weighted by Gasteiger charge is -2.23. The van der Waals surface area contributed by atoms with Crippen LogP contribution >= 0.6 is 15.9 Å². The highest BCUT2D eigenvalue weighted by molar-refractivity contribution is 9.10. The van der Waals surface area contributed by atoms with E-state index in [0.29, 0.717) is 17.2 Å². The summed E-state index contributed by atoms with van der Waals surface area (Å²) in [6.45, 7) is 1.54. The molecule has 0 aromatic heterocycles. The number of para-hydroxylation sites is 1. The van der Waals surface area contributed by atoms with Gasteiger partial charge in [0.1, 0.15) is 0 Å². The highest BCUT2D eigenvalue weighted by Crippen LogP contribution is 2.43. The van der Waals surface area contributed by atoms with Gasteiger partial charge in [-0.3, -0.25) is 4.79 Å². The number of allylic oxidation sites excluding steroid dienone is 1. The van der Waals surface area contributed by atoms with Crippen LogP contribution in [0, 0.1) is 6.92 Å². The number of nitrogens with zero attached hydrogens (tertiary/aromatic N) is 1. The lowest BCUT2D eigenvalue weighted by Crippen LogP contribution is -2.33. The first-order valence-corrected chi connectivity index (χ1v) is 9.00. The first-order chi connectivity index (χ1) is 12.7. The second kappa shape index (κ2) is 7.23. The number of anilines is 1. The molecule has 27 heavy (non-hydrogen) atoms. The summed E-state index contributed by atoms with van der Waals surface area (Å²) >= 11 is 3.34. The van der Waals surface area contributed by atoms with Crippen LogP contribution in [0.3, 0.4) is 0 Å². The van der Waals surface area contributed by atoms with E-state index in [0.717, 1.165) is 4.47 Å². The molecule has 0 aliphatic carbocycles. The lowest BCUT2D eigenvalue weighted by atomic mass is 9.97. The molecule has 0 atom stereocenters. The number of hydrogen-bond acceptors (Lipinski definition) is 2. The fourth-order valence-electron chi connectivity index (χ4n) is 3.17. The predicted molar refractivity (Wildman–Crippen MR) is 102 cm³/mol. The molecule has 4 nitrogen and oxygen atoms in total. The number of fused-ring (bicyclic) bond motifs is 1. The summed E-state index contributed by atoms with van der Waals surface area (Å²) in [4.78, 5) is 25.5. The molecule has 3 rings (SSSR count). The fraction of sp³-hybridized carbons (Fsp3) is 0.200. The van der Waals surface area contributed by atoms with Gasteiger partial charge in [0, 0.05) is 40.2 Å². The van der Waals surface area contributed by atoms with Crippen molar-refractivity contribution >= 4 is 39.1 Å². The number of amides is 1. The summed E-state index contributed by atoms with van der Waals surface area (Å²) in [6.07, 6.45) is -0.139. The van der Waals surface area contributed by atoms with Crippen molar-refractivity contribution in [3.8, 4) is 0 Å². The van der Waals surface area contributed by atoms with Crippen molar-refractivity contribution in [2.45, 2.75) is 19.3 Å². The summed E-state index contributed by atoms with van der Waals surface area (Å²) in [6, 6.07) is 11.3. The van der Waals surface area contributed by atoms with Crippen molar-refractivity contribution in [2.24, 2.45) is 0 Å². The maximum atomic E-state index is 14.7. The van der Waals surface area contributed by atoms with Crippen molar-refractivity contribution in [1.29, 1.82) is 0 Å². The summed E-state index contributed by atoms with van der Waals surface area (Å²) < 4.78 is 30.1. The Balaban J connectivity index is 2.15. The molecule has 140 valence electrons. The van der Waals surface area contributed by atoms with Crippen LogP contribution in [-0.2, 0) is 4.79 Å². The van der Waals surface area contributed by atoms with Crippen LogP contribution in [0.25, 0.3) is 5.57 Å². The van der Waals surface area contributed by atoms with Gasteiger partial charge >= 0.3 is 5.97 Å². The Labute approximate surface area is 163 Å². The molecule has 1 amide bonds. The minimum Gasteiger partial charge on any atom is -0.478 e. The van der Waals surface area contributed by atoms with Gasteiger partial charge in [-0.25, -0.2) is 13.6 Å². The van der Waals surface area contributed by atoms with E-state index in [4.69, 9.17) is 5.11 Å². The summed E-state index contributed by atoms with van der Waals surface area (Å²) in [5, 5.41) is 9.04. The normalized spacial score (nSPS) is 17.3. The van der Waals surface area contributed by atoms with E-state index in [1.54, 1.807) is 43.3 Å². The monoisotopic (exact) mass is 435 g/mol. The number of hydrogen-bond donors (Lipinski definition) is 1. The second-order valence-electron chi connectivity index (χ2n) is 6.28. The van der Waals surface area contributed by atoms with E-state index in [9.17, 15) is 18.4 Å². The maximum absolute atomic E-state index is 14.7. The SMILES string of the molecule is Cc1cc(Br)ccc1C(=O)N1CCC(F)(F)C(=CC(=O)O)c2ccccc21. The highest BCUT2D eigenvalue weighted by atomic mass is 79.9. The number of carbonyl (C=O) groups is 2. The number of halogens is 3. The Kier molecular flexibility index (Phi) is 5.15. The zero-order valence-electron chi connectivity index (χ0n) is 14.4. The van der Waals surface area contributed by atoms with Crippen molar-refractivity contribution in [2.75, 3.05) is 11.4 Å². The molecule has 1 heterocycles. The second-order valence-corrected chi connectivity index (χ2v) is 7.20. The predicted octanol–water partition coefficient (Wildman–Crippen LogP) is 4.91. The van der Waals surface area contributed by atoms with Gasteiger partial charge in [-0.2, -0.15) is 0 Å². The van der Waals surface area contributed by atoms with Crippen LogP contribution < -0.4 is 4.90 Å². The van der Waals surface area contributed by atoms with Gasteiger partial charge in [-0.15, -0.1) is 0 Å². The highest BCUT2D eigenvalue weighted by Gasteiger charge is 2.41. The Bertz CT molecular complexity index is 956. The van der Waals surface area contributed by atoms with E-state index >= 15 is 0 Å². The zero-order valence-corrected chi connectivity index (χ0v) is 16.0. The molecule has 0 bridgehead atoms. The molecule has 2 aromatic rings. The van der Waals surface area contributed by atoms with Crippen LogP contribution in [0.1, 0.15) is 27.9 Å². The third-order valence-electron chi connectivity index (χ3n) is 4.46. The van der Waals surface area contributed by atoms with Gasteiger partial charge in [0.15, 0.2) is 0 Å². The first kappa shape index (κ1) is 19.2. The number of carbonyl (C=O) groups excluding carboxylic acids is 1. The Morgan fingerprint density at radius 3 is 2.59 bits per heavy atom. The van der Waals surface area contributed by atoms with E-state index in [-0.39, 0.29) is 17.8 Å². The minimum atomic E-state index is -3.36. The molecular weight excluding hydrogens is 420 g/mol. The van der Waals surface area contributed by atoms with E-state index < -0.39 is 29.8 Å². The lowest BCUT2D eigenvalue weighted by molar-refractivity contribution is -0.131. The Morgan fingerprint density at radius 1 is 1.22 bits per heavy atom. The van der Waals surface area contributed by atoms with Crippen LogP contribution in [0.15, 0.2) is 53.0 Å². The molecule has 0 saturated carbocycles. The molecule has 1 aliphatic rings. The standard InChI is InChI=1S/C20H16BrF2NO3/c1-12-10-13(21)6-7-14(12)19(27)24-9-8-20(22,23)16(11-18(25)26)15-4-2-3-5-17(15)24/h2-7,10-11H,8-9H2,1H3,(H,25,26). The number of benzene rings is 2. The quantitative estimate of drug-likeness (QED) is 0.681. The van der Waals surface area contributed by atoms with Crippen LogP contribution in [-0.4, -0.2) is 29.5 Å². The molecular formula is C20H16BrF2NO3. The number of rotatable bonds is 2. The maximum Gasteiger partial charge on any atom is 0.328 e. The summed E-state index contributed by atoms with van der Waals surface area (Å²) in [7, 11) is 0. The van der Waals surface area contributed by atoms with Crippen molar-refractivity contribution in [3.63, 3.8) is 0 Å². The average Bonchev–Trinajstić information content (AvgIpc) is 2.69. The van der Waals surface area contributed by atoms with E-state index in [2.05, 4.69) is 15.9 Å². The summed E-state index contributed by atoms with van der Waals surface area (Å²) in [5.74, 6) is -5.22. The van der Waals surface area contributed by atoms with Gasteiger partial charge in [0.25, 0.3) is 11.8 Å². The fourth-order valence-corrected chi connectivity index (χ4v) is 3.65. The van der Waals surface area contributed by atoms with Crippen LogP contribution in [0.2, 0.25) is 0 Å². The number of aryl methyl sites for hydroxylation is 1. The van der Waals surface area contributed by atoms with Gasteiger partial charge in [0.2, 0.25) is 0 Å². The molecule has 0 radical (unpaired) electrons. The molecule has 7 heteroatoms. The zero-order chi connectivity index (χ0) is 19.8. The van der Waals surface area contributed by atoms with E-state index in [1.165, 1.54) is 11.0 Å². The smallest absolute Gasteiger partial charge is 0.328 e. The number of carboxylic acid groups (broad SMARTS) is 1. The third kappa shape index (κ3) is 3.78. The Hall–Kier alpha value is -2.54. The molecule has 0 fully saturated rings. The van der Waals surface area contributed by atoms with Gasteiger partial charge < -0.3 is 10.0 Å². The average molecular weight is 436 g/mol. The molecule has 1 N–H and O–H groups in total. The van der Waals surface area contributed by atoms with Gasteiger partial charge in [-0.05, 0) is 36.8 Å².